The molecule has 3 rings (SSSR count). The largest absolute Gasteiger partial charge is 0.417 e. The predicted molar refractivity (Wildman–Crippen MR) is 113 cm³/mol. The number of hydrogen-bond donors (Lipinski definition) is 1. The molecule has 0 saturated carbocycles. The van der Waals surface area contributed by atoms with Crippen LogP contribution in [0.3, 0.4) is 0 Å². The van der Waals surface area contributed by atoms with E-state index in [1.807, 2.05) is 25.2 Å². The van der Waals surface area contributed by atoms with Crippen molar-refractivity contribution in [2.45, 2.75) is 26.2 Å². The first kappa shape index (κ1) is 22.8. The topological polar surface area (TPSA) is 63.1 Å². The molecule has 0 amide bonds. The van der Waals surface area contributed by atoms with Crippen molar-refractivity contribution in [1.82, 2.24) is 19.7 Å². The number of alkyl halides is 3. The molecule has 3 aromatic rings. The third-order valence-corrected chi connectivity index (χ3v) is 5.04. The van der Waals surface area contributed by atoms with Crippen LogP contribution in [0, 0.1) is 0 Å². The summed E-state index contributed by atoms with van der Waals surface area (Å²) in [5.41, 5.74) is 0.896. The second-order valence-electron chi connectivity index (χ2n) is 7.00. The van der Waals surface area contributed by atoms with Gasteiger partial charge >= 0.3 is 6.18 Å². The van der Waals surface area contributed by atoms with Crippen molar-refractivity contribution in [3.05, 3.63) is 80.9 Å². The number of nitrogens with one attached hydrogen (secondary N) is 1. The van der Waals surface area contributed by atoms with Crippen LogP contribution >= 0.6 is 11.6 Å². The Labute approximate surface area is 182 Å². The number of benzene rings is 1. The average Bonchev–Trinajstić information content (AvgIpc) is 2.74. The third-order valence-electron chi connectivity index (χ3n) is 4.68. The van der Waals surface area contributed by atoms with E-state index in [-0.39, 0.29) is 10.8 Å². The van der Waals surface area contributed by atoms with Gasteiger partial charge in [0.1, 0.15) is 5.02 Å². The first-order valence-corrected chi connectivity index (χ1v) is 9.88. The molecule has 0 aliphatic rings. The molecule has 0 aliphatic heterocycles. The molecule has 0 atom stereocenters. The Morgan fingerprint density at radius 3 is 2.55 bits per heavy atom. The maximum absolute atomic E-state index is 12.7. The smallest absolute Gasteiger partial charge is 0.378 e. The minimum absolute atomic E-state index is 0.0563. The van der Waals surface area contributed by atoms with E-state index < -0.39 is 17.3 Å². The van der Waals surface area contributed by atoms with Crippen LogP contribution in [-0.4, -0.2) is 33.3 Å². The Bertz CT molecular complexity index is 1100. The van der Waals surface area contributed by atoms with Gasteiger partial charge in [-0.3, -0.25) is 4.79 Å². The summed E-state index contributed by atoms with van der Waals surface area (Å²) in [4.78, 5) is 18.4. The molecular formula is C21H21ClF3N5O. The molecule has 0 fully saturated rings. The fourth-order valence-electron chi connectivity index (χ4n) is 2.86. The molecule has 0 unspecified atom stereocenters. The third kappa shape index (κ3) is 5.62. The zero-order chi connectivity index (χ0) is 22.6. The monoisotopic (exact) mass is 451 g/mol. The molecule has 10 heteroatoms. The molecule has 164 valence electrons. The van der Waals surface area contributed by atoms with Gasteiger partial charge in [-0.05, 0) is 36.9 Å². The van der Waals surface area contributed by atoms with E-state index in [2.05, 4.69) is 33.3 Å². The SMILES string of the molecule is CCN(C)Cc1cccc(CNc2cnn(-c3ccc(C(F)(F)F)cn3)c(=O)c2Cl)c1. The average molecular weight is 452 g/mol. The summed E-state index contributed by atoms with van der Waals surface area (Å²) in [6.07, 6.45) is -2.52. The van der Waals surface area contributed by atoms with Gasteiger partial charge in [-0.1, -0.05) is 42.8 Å². The number of anilines is 1. The summed E-state index contributed by atoms with van der Waals surface area (Å²) in [5, 5.41) is 6.94. The minimum atomic E-state index is -4.52. The van der Waals surface area contributed by atoms with Crippen molar-refractivity contribution in [3.8, 4) is 5.82 Å². The van der Waals surface area contributed by atoms with E-state index >= 15 is 0 Å². The highest BCUT2D eigenvalue weighted by molar-refractivity contribution is 6.32. The lowest BCUT2D eigenvalue weighted by Crippen LogP contribution is -2.23. The normalized spacial score (nSPS) is 11.7. The van der Waals surface area contributed by atoms with Crippen LogP contribution in [0.25, 0.3) is 5.82 Å². The summed E-state index contributed by atoms with van der Waals surface area (Å²) in [6, 6.07) is 9.93. The Morgan fingerprint density at radius 1 is 1.16 bits per heavy atom. The van der Waals surface area contributed by atoms with Gasteiger partial charge in [-0.2, -0.15) is 23.0 Å². The van der Waals surface area contributed by atoms with Crippen molar-refractivity contribution in [3.63, 3.8) is 0 Å². The van der Waals surface area contributed by atoms with Crippen LogP contribution in [0.15, 0.2) is 53.6 Å². The molecule has 0 spiro atoms. The molecule has 0 radical (unpaired) electrons. The van der Waals surface area contributed by atoms with Gasteiger partial charge in [-0.25, -0.2) is 4.98 Å². The molecule has 0 aliphatic carbocycles. The van der Waals surface area contributed by atoms with Gasteiger partial charge < -0.3 is 10.2 Å². The van der Waals surface area contributed by atoms with Crippen LogP contribution < -0.4 is 10.9 Å². The molecule has 1 aromatic carbocycles. The van der Waals surface area contributed by atoms with Gasteiger partial charge in [0.25, 0.3) is 5.56 Å². The van der Waals surface area contributed by atoms with Crippen LogP contribution in [0.2, 0.25) is 5.02 Å². The Hall–Kier alpha value is -2.91. The molecule has 0 bridgehead atoms. The van der Waals surface area contributed by atoms with E-state index in [9.17, 15) is 18.0 Å². The van der Waals surface area contributed by atoms with E-state index in [0.717, 1.165) is 41.0 Å². The highest BCUT2D eigenvalue weighted by Gasteiger charge is 2.30. The van der Waals surface area contributed by atoms with Crippen molar-refractivity contribution in [2.24, 2.45) is 0 Å². The van der Waals surface area contributed by atoms with Crippen LogP contribution in [0.5, 0.6) is 0 Å². The summed E-state index contributed by atoms with van der Waals surface area (Å²) < 4.78 is 38.9. The molecule has 1 N–H and O–H groups in total. The van der Waals surface area contributed by atoms with Crippen LogP contribution in [-0.2, 0) is 19.3 Å². The van der Waals surface area contributed by atoms with Gasteiger partial charge in [0.15, 0.2) is 5.82 Å². The molecule has 2 aromatic heterocycles. The number of aromatic nitrogens is 3. The van der Waals surface area contributed by atoms with Gasteiger partial charge in [-0.15, -0.1) is 0 Å². The maximum Gasteiger partial charge on any atom is 0.417 e. The number of halogens is 4. The van der Waals surface area contributed by atoms with E-state index in [1.165, 1.54) is 6.20 Å². The van der Waals surface area contributed by atoms with Crippen molar-refractivity contribution >= 4 is 17.3 Å². The van der Waals surface area contributed by atoms with E-state index in [0.29, 0.717) is 18.4 Å². The highest BCUT2D eigenvalue weighted by Crippen LogP contribution is 2.28. The van der Waals surface area contributed by atoms with E-state index in [4.69, 9.17) is 11.6 Å². The summed E-state index contributed by atoms with van der Waals surface area (Å²) in [5.74, 6) is -0.0563. The molecular weight excluding hydrogens is 431 g/mol. The number of hydrogen-bond acceptors (Lipinski definition) is 5. The first-order chi connectivity index (χ1) is 14.7. The Morgan fingerprint density at radius 2 is 1.90 bits per heavy atom. The zero-order valence-corrected chi connectivity index (χ0v) is 17.7. The molecule has 31 heavy (non-hydrogen) atoms. The summed E-state index contributed by atoms with van der Waals surface area (Å²) >= 11 is 6.19. The molecule has 6 nitrogen and oxygen atoms in total. The standard InChI is InChI=1S/C21H21ClF3N5O/c1-3-29(2)13-15-6-4-5-14(9-15)10-26-17-12-28-30(20(31)19(17)22)18-8-7-16(11-27-18)21(23,24)25/h4-9,11-12,26H,3,10,13H2,1-2H3. The number of nitrogens with zero attached hydrogens (tertiary/aromatic N) is 4. The van der Waals surface area contributed by atoms with E-state index in [1.54, 1.807) is 0 Å². The predicted octanol–water partition coefficient (Wildman–Crippen LogP) is 4.36. The number of rotatable bonds is 7. The zero-order valence-electron chi connectivity index (χ0n) is 16.9. The summed E-state index contributed by atoms with van der Waals surface area (Å²) in [7, 11) is 2.04. The first-order valence-electron chi connectivity index (χ1n) is 9.50. The fourth-order valence-corrected chi connectivity index (χ4v) is 3.05. The second-order valence-corrected chi connectivity index (χ2v) is 7.37. The number of pyridine rings is 1. The van der Waals surface area contributed by atoms with Gasteiger partial charge in [0.2, 0.25) is 0 Å². The lowest BCUT2D eigenvalue weighted by atomic mass is 10.1. The Balaban J connectivity index is 1.76. The van der Waals surface area contributed by atoms with Gasteiger partial charge in [0.05, 0.1) is 17.4 Å². The molecule has 0 saturated heterocycles. The fraction of sp³-hybridized carbons (Fsp3) is 0.286. The lowest BCUT2D eigenvalue weighted by Gasteiger charge is -2.15. The van der Waals surface area contributed by atoms with Crippen molar-refractivity contribution in [1.29, 1.82) is 0 Å². The van der Waals surface area contributed by atoms with Crippen LogP contribution in [0.4, 0.5) is 18.9 Å². The molecule has 2 heterocycles. The quantitative estimate of drug-likeness (QED) is 0.578. The van der Waals surface area contributed by atoms with Crippen molar-refractivity contribution in [2.75, 3.05) is 18.9 Å². The van der Waals surface area contributed by atoms with Crippen molar-refractivity contribution < 1.29 is 13.2 Å². The minimum Gasteiger partial charge on any atom is -0.378 e. The van der Waals surface area contributed by atoms with Crippen LogP contribution in [0.1, 0.15) is 23.6 Å². The summed E-state index contributed by atoms with van der Waals surface area (Å²) in [6.45, 7) is 4.27. The highest BCUT2D eigenvalue weighted by atomic mass is 35.5. The second kappa shape index (κ2) is 9.49. The Kier molecular flexibility index (Phi) is 6.97. The lowest BCUT2D eigenvalue weighted by molar-refractivity contribution is -0.137. The van der Waals surface area contributed by atoms with Gasteiger partial charge in [0, 0.05) is 19.3 Å². The maximum atomic E-state index is 12.7.